The standard InChI is InChI=1S/C23H28N2O2/c1-6-17(4)25-22(26)18-11-7-9-13-20(18)24-23(25,5)19-12-8-10-14-21(19)27-15-16(2)3/h7-14,17,24H,2,6,15H2,1,3-5H3. The van der Waals surface area contributed by atoms with Gasteiger partial charge in [0.05, 0.1) is 5.56 Å². The summed E-state index contributed by atoms with van der Waals surface area (Å²) in [5.41, 5.74) is 2.73. The number of ether oxygens (including phenoxy) is 1. The number of anilines is 1. The Morgan fingerprint density at radius 2 is 1.89 bits per heavy atom. The van der Waals surface area contributed by atoms with Crippen LogP contribution in [0.15, 0.2) is 60.7 Å². The van der Waals surface area contributed by atoms with Gasteiger partial charge in [-0.1, -0.05) is 43.8 Å². The van der Waals surface area contributed by atoms with Crippen LogP contribution in [0.1, 0.15) is 50.0 Å². The molecule has 0 saturated carbocycles. The second-order valence-corrected chi connectivity index (χ2v) is 7.42. The molecule has 1 aliphatic rings. The molecule has 2 unspecified atom stereocenters. The summed E-state index contributed by atoms with van der Waals surface area (Å²) < 4.78 is 6.02. The number of carbonyl (C=O) groups excluding carboxylic acids is 1. The first kappa shape index (κ1) is 19.0. The van der Waals surface area contributed by atoms with Crippen LogP contribution in [0, 0.1) is 0 Å². The van der Waals surface area contributed by atoms with Gasteiger partial charge in [0.15, 0.2) is 0 Å². The van der Waals surface area contributed by atoms with E-state index in [1.54, 1.807) is 0 Å². The van der Waals surface area contributed by atoms with Crippen molar-refractivity contribution in [1.29, 1.82) is 0 Å². The first-order valence-corrected chi connectivity index (χ1v) is 9.46. The fourth-order valence-corrected chi connectivity index (χ4v) is 3.65. The molecular weight excluding hydrogens is 336 g/mol. The molecule has 0 saturated heterocycles. The predicted molar refractivity (Wildman–Crippen MR) is 110 cm³/mol. The van der Waals surface area contributed by atoms with Gasteiger partial charge >= 0.3 is 0 Å². The van der Waals surface area contributed by atoms with E-state index in [0.29, 0.717) is 12.2 Å². The van der Waals surface area contributed by atoms with Crippen molar-refractivity contribution in [1.82, 2.24) is 4.90 Å². The average Bonchev–Trinajstić information content (AvgIpc) is 2.66. The van der Waals surface area contributed by atoms with Crippen LogP contribution in [0.2, 0.25) is 0 Å². The minimum absolute atomic E-state index is 0.0379. The minimum atomic E-state index is -0.716. The third kappa shape index (κ3) is 3.44. The third-order valence-corrected chi connectivity index (χ3v) is 5.15. The second kappa shape index (κ2) is 7.47. The van der Waals surface area contributed by atoms with Crippen LogP contribution in [-0.4, -0.2) is 23.5 Å². The summed E-state index contributed by atoms with van der Waals surface area (Å²) in [5.74, 6) is 0.798. The topological polar surface area (TPSA) is 41.6 Å². The first-order chi connectivity index (χ1) is 12.9. The monoisotopic (exact) mass is 364 g/mol. The third-order valence-electron chi connectivity index (χ3n) is 5.15. The van der Waals surface area contributed by atoms with Crippen LogP contribution in [0.4, 0.5) is 5.69 Å². The Morgan fingerprint density at radius 3 is 2.59 bits per heavy atom. The number of carbonyl (C=O) groups is 1. The number of nitrogens with one attached hydrogen (secondary N) is 1. The van der Waals surface area contributed by atoms with Crippen molar-refractivity contribution in [2.75, 3.05) is 11.9 Å². The van der Waals surface area contributed by atoms with Crippen molar-refractivity contribution >= 4 is 11.6 Å². The van der Waals surface area contributed by atoms with Crippen molar-refractivity contribution < 1.29 is 9.53 Å². The highest BCUT2D eigenvalue weighted by atomic mass is 16.5. The number of benzene rings is 2. The quantitative estimate of drug-likeness (QED) is 0.718. The van der Waals surface area contributed by atoms with E-state index in [1.807, 2.05) is 60.4 Å². The van der Waals surface area contributed by atoms with Crippen LogP contribution < -0.4 is 10.1 Å². The maximum absolute atomic E-state index is 13.4. The van der Waals surface area contributed by atoms with Gasteiger partial charge in [-0.2, -0.15) is 0 Å². The zero-order chi connectivity index (χ0) is 19.6. The van der Waals surface area contributed by atoms with Gasteiger partial charge in [0.1, 0.15) is 18.0 Å². The van der Waals surface area contributed by atoms with E-state index >= 15 is 0 Å². The Bertz CT molecular complexity index is 861. The normalized spacial score (nSPS) is 19.9. The van der Waals surface area contributed by atoms with Crippen molar-refractivity contribution in [3.63, 3.8) is 0 Å². The minimum Gasteiger partial charge on any atom is -0.489 e. The zero-order valence-electron chi connectivity index (χ0n) is 16.6. The number of fused-ring (bicyclic) bond motifs is 1. The number of hydrogen-bond donors (Lipinski definition) is 1. The Kier molecular flexibility index (Phi) is 5.26. The van der Waals surface area contributed by atoms with Gasteiger partial charge in [-0.25, -0.2) is 0 Å². The number of rotatable bonds is 6. The van der Waals surface area contributed by atoms with Crippen LogP contribution in [0.3, 0.4) is 0 Å². The first-order valence-electron chi connectivity index (χ1n) is 9.46. The van der Waals surface area contributed by atoms with Gasteiger partial charge in [-0.15, -0.1) is 0 Å². The molecule has 1 aliphatic heterocycles. The van der Waals surface area contributed by atoms with Gasteiger partial charge in [-0.05, 0) is 51.0 Å². The molecule has 2 aromatic carbocycles. The van der Waals surface area contributed by atoms with Crippen molar-refractivity contribution in [2.45, 2.75) is 45.8 Å². The average molecular weight is 364 g/mol. The summed E-state index contributed by atoms with van der Waals surface area (Å²) in [7, 11) is 0. The lowest BCUT2D eigenvalue weighted by Gasteiger charge is -2.49. The fraction of sp³-hybridized carbons (Fsp3) is 0.348. The highest BCUT2D eigenvalue weighted by Gasteiger charge is 2.45. The molecule has 1 heterocycles. The van der Waals surface area contributed by atoms with Gasteiger partial charge < -0.3 is 15.0 Å². The molecule has 4 nitrogen and oxygen atoms in total. The van der Waals surface area contributed by atoms with Crippen molar-refractivity contribution in [3.05, 3.63) is 71.8 Å². The molecule has 1 amide bonds. The number of para-hydroxylation sites is 2. The van der Waals surface area contributed by atoms with E-state index in [9.17, 15) is 4.79 Å². The van der Waals surface area contributed by atoms with Gasteiger partial charge in [-0.3, -0.25) is 4.79 Å². The molecule has 0 aromatic heterocycles. The van der Waals surface area contributed by atoms with Crippen LogP contribution in [0.5, 0.6) is 5.75 Å². The summed E-state index contributed by atoms with van der Waals surface area (Å²) >= 11 is 0. The van der Waals surface area contributed by atoms with Crippen molar-refractivity contribution in [2.24, 2.45) is 0 Å². The fourth-order valence-electron chi connectivity index (χ4n) is 3.65. The van der Waals surface area contributed by atoms with Crippen LogP contribution in [-0.2, 0) is 5.66 Å². The second-order valence-electron chi connectivity index (χ2n) is 7.42. The largest absolute Gasteiger partial charge is 0.489 e. The molecule has 142 valence electrons. The lowest BCUT2D eigenvalue weighted by Crippen LogP contribution is -2.59. The number of nitrogens with zero attached hydrogens (tertiary/aromatic N) is 1. The van der Waals surface area contributed by atoms with E-state index in [4.69, 9.17) is 4.74 Å². The Balaban J connectivity index is 2.14. The molecule has 0 radical (unpaired) electrons. The molecule has 0 spiro atoms. The smallest absolute Gasteiger partial charge is 0.258 e. The van der Waals surface area contributed by atoms with E-state index in [1.165, 1.54) is 0 Å². The molecule has 2 atom stereocenters. The molecule has 1 N–H and O–H groups in total. The maximum Gasteiger partial charge on any atom is 0.258 e. The van der Waals surface area contributed by atoms with E-state index < -0.39 is 5.66 Å². The van der Waals surface area contributed by atoms with Gasteiger partial charge in [0.25, 0.3) is 5.91 Å². The molecule has 2 aromatic rings. The summed E-state index contributed by atoms with van der Waals surface area (Å²) in [6.07, 6.45) is 0.861. The molecule has 0 fully saturated rings. The molecule has 0 aliphatic carbocycles. The zero-order valence-corrected chi connectivity index (χ0v) is 16.6. The van der Waals surface area contributed by atoms with Crippen LogP contribution in [0.25, 0.3) is 0 Å². The SMILES string of the molecule is C=C(C)COc1ccccc1C1(C)Nc2ccccc2C(=O)N1C(C)CC. The lowest BCUT2D eigenvalue weighted by molar-refractivity contribution is 0.0393. The molecule has 27 heavy (non-hydrogen) atoms. The Morgan fingerprint density at radius 1 is 1.22 bits per heavy atom. The van der Waals surface area contributed by atoms with E-state index in [0.717, 1.165) is 29.0 Å². The highest BCUT2D eigenvalue weighted by molar-refractivity contribution is 6.02. The Labute approximate surface area is 161 Å². The summed E-state index contributed by atoms with van der Waals surface area (Å²) in [5, 5.41) is 3.62. The summed E-state index contributed by atoms with van der Waals surface area (Å²) in [6.45, 7) is 12.5. The van der Waals surface area contributed by atoms with Gasteiger partial charge in [0.2, 0.25) is 0 Å². The van der Waals surface area contributed by atoms with Gasteiger partial charge in [0, 0.05) is 17.3 Å². The highest BCUT2D eigenvalue weighted by Crippen LogP contribution is 2.42. The van der Waals surface area contributed by atoms with E-state index in [2.05, 4.69) is 32.7 Å². The predicted octanol–water partition coefficient (Wildman–Crippen LogP) is 5.18. The van der Waals surface area contributed by atoms with Crippen molar-refractivity contribution in [3.8, 4) is 5.75 Å². The summed E-state index contributed by atoms with van der Waals surface area (Å²) in [4.78, 5) is 15.4. The molecular formula is C23H28N2O2. The molecule has 0 bridgehead atoms. The molecule has 4 heteroatoms. The molecule has 3 rings (SSSR count). The lowest BCUT2D eigenvalue weighted by atomic mass is 9.91. The number of hydrogen-bond acceptors (Lipinski definition) is 3. The van der Waals surface area contributed by atoms with Crippen LogP contribution >= 0.6 is 0 Å². The maximum atomic E-state index is 13.4. The number of amides is 1. The summed E-state index contributed by atoms with van der Waals surface area (Å²) in [6, 6.07) is 15.7. The Hall–Kier alpha value is -2.75. The van der Waals surface area contributed by atoms with E-state index in [-0.39, 0.29) is 11.9 Å².